The van der Waals surface area contributed by atoms with Crippen LogP contribution in [0.1, 0.15) is 25.7 Å². The Morgan fingerprint density at radius 2 is 1.29 bits per heavy atom. The zero-order chi connectivity index (χ0) is 9.64. The lowest BCUT2D eigenvalue weighted by atomic mass is 10.2. The van der Waals surface area contributed by atoms with Crippen LogP contribution in [0.4, 0.5) is 0 Å². The lowest BCUT2D eigenvalue weighted by Gasteiger charge is -2.31. The third-order valence-corrected chi connectivity index (χ3v) is 5.24. The van der Waals surface area contributed by atoms with Crippen LogP contribution in [0.15, 0.2) is 0 Å². The first-order chi connectivity index (χ1) is 6.95. The standard InChI is InChI=1S/C10H20N2S2/c1-2-4-6-12-7-11(5-3-1)8-13-10-14-9-12/h1-10H2. The number of rotatable bonds is 0. The average molecular weight is 232 g/mol. The van der Waals surface area contributed by atoms with Crippen molar-refractivity contribution < 1.29 is 0 Å². The lowest BCUT2D eigenvalue weighted by Crippen LogP contribution is -2.39. The summed E-state index contributed by atoms with van der Waals surface area (Å²) in [6.45, 7) is 3.84. The van der Waals surface area contributed by atoms with Crippen LogP contribution in [0, 0.1) is 0 Å². The Balaban J connectivity index is 1.90. The molecule has 0 aromatic rings. The van der Waals surface area contributed by atoms with E-state index in [9.17, 15) is 0 Å². The maximum atomic E-state index is 2.62. The molecule has 0 amide bonds. The van der Waals surface area contributed by atoms with Crippen molar-refractivity contribution in [3.63, 3.8) is 0 Å². The predicted octanol–water partition coefficient (Wildman–Crippen LogP) is 2.47. The number of fused-ring (bicyclic) bond motifs is 2. The van der Waals surface area contributed by atoms with E-state index in [-0.39, 0.29) is 0 Å². The Morgan fingerprint density at radius 1 is 0.714 bits per heavy atom. The molecule has 0 N–H and O–H groups in total. The Bertz CT molecular complexity index is 150. The predicted molar refractivity (Wildman–Crippen MR) is 66.5 cm³/mol. The second kappa shape index (κ2) is 6.26. The first kappa shape index (κ1) is 11.1. The van der Waals surface area contributed by atoms with Crippen LogP contribution in [0.2, 0.25) is 0 Å². The molecule has 0 aliphatic carbocycles. The Hall–Kier alpha value is 0.620. The monoisotopic (exact) mass is 232 g/mol. The molecule has 2 rings (SSSR count). The third-order valence-electron chi connectivity index (χ3n) is 2.81. The first-order valence-electron chi connectivity index (χ1n) is 5.55. The van der Waals surface area contributed by atoms with Gasteiger partial charge in [-0.05, 0) is 12.8 Å². The summed E-state index contributed by atoms with van der Waals surface area (Å²) >= 11 is 4.17. The van der Waals surface area contributed by atoms with Crippen molar-refractivity contribution in [1.82, 2.24) is 9.80 Å². The van der Waals surface area contributed by atoms with E-state index in [4.69, 9.17) is 0 Å². The van der Waals surface area contributed by atoms with Crippen molar-refractivity contribution in [2.24, 2.45) is 0 Å². The third kappa shape index (κ3) is 3.65. The topological polar surface area (TPSA) is 6.48 Å². The van der Waals surface area contributed by atoms with Crippen LogP contribution < -0.4 is 0 Å². The van der Waals surface area contributed by atoms with E-state index in [2.05, 4.69) is 33.3 Å². The SMILES string of the molecule is C1CCCN2CSCSCN(CC1)C2. The highest BCUT2D eigenvalue weighted by Crippen LogP contribution is 2.20. The summed E-state index contributed by atoms with van der Waals surface area (Å²) in [5.74, 6) is 2.48. The summed E-state index contributed by atoms with van der Waals surface area (Å²) in [6.07, 6.45) is 5.67. The molecule has 2 nitrogen and oxygen atoms in total. The van der Waals surface area contributed by atoms with Gasteiger partial charge in [0.1, 0.15) is 0 Å². The minimum absolute atomic E-state index is 1.21. The largest absolute Gasteiger partial charge is 0.281 e. The molecule has 14 heavy (non-hydrogen) atoms. The molecular weight excluding hydrogens is 212 g/mol. The summed E-state index contributed by atoms with van der Waals surface area (Å²) in [4.78, 5) is 5.24. The maximum absolute atomic E-state index is 2.62. The first-order valence-corrected chi connectivity index (χ1v) is 7.86. The van der Waals surface area contributed by atoms with E-state index < -0.39 is 0 Å². The van der Waals surface area contributed by atoms with E-state index in [1.165, 1.54) is 62.3 Å². The van der Waals surface area contributed by atoms with Gasteiger partial charge in [-0.2, -0.15) is 0 Å². The van der Waals surface area contributed by atoms with Crippen molar-refractivity contribution in [2.75, 3.05) is 36.6 Å². The average Bonchev–Trinajstić information content (AvgIpc) is 2.26. The molecule has 2 aliphatic heterocycles. The summed E-state index contributed by atoms with van der Waals surface area (Å²) in [5, 5.41) is 1.27. The number of hydrogen-bond acceptors (Lipinski definition) is 4. The van der Waals surface area contributed by atoms with Gasteiger partial charge in [0, 0.05) is 29.9 Å². The van der Waals surface area contributed by atoms with Crippen LogP contribution in [0.3, 0.4) is 0 Å². The van der Waals surface area contributed by atoms with Gasteiger partial charge in [0.15, 0.2) is 0 Å². The van der Waals surface area contributed by atoms with Gasteiger partial charge >= 0.3 is 0 Å². The molecule has 2 heterocycles. The van der Waals surface area contributed by atoms with Crippen LogP contribution in [-0.2, 0) is 0 Å². The summed E-state index contributed by atoms with van der Waals surface area (Å²) in [5.41, 5.74) is 0. The minimum Gasteiger partial charge on any atom is -0.281 e. The molecule has 0 aromatic heterocycles. The van der Waals surface area contributed by atoms with Gasteiger partial charge in [0.05, 0.1) is 6.67 Å². The zero-order valence-electron chi connectivity index (χ0n) is 8.78. The van der Waals surface area contributed by atoms with E-state index in [0.717, 1.165) is 0 Å². The van der Waals surface area contributed by atoms with E-state index in [1.54, 1.807) is 0 Å². The number of thioether (sulfide) groups is 2. The molecule has 82 valence electrons. The second-order valence-electron chi connectivity index (χ2n) is 4.13. The summed E-state index contributed by atoms with van der Waals surface area (Å²) < 4.78 is 0. The van der Waals surface area contributed by atoms with Crippen molar-refractivity contribution >= 4 is 23.5 Å². The summed E-state index contributed by atoms with van der Waals surface area (Å²) in [6, 6.07) is 0. The molecule has 0 saturated carbocycles. The zero-order valence-corrected chi connectivity index (χ0v) is 10.4. The fourth-order valence-electron chi connectivity index (χ4n) is 2.05. The molecule has 2 unspecified atom stereocenters. The highest BCUT2D eigenvalue weighted by molar-refractivity contribution is 8.15. The van der Waals surface area contributed by atoms with Crippen molar-refractivity contribution in [3.8, 4) is 0 Å². The van der Waals surface area contributed by atoms with Crippen molar-refractivity contribution in [3.05, 3.63) is 0 Å². The van der Waals surface area contributed by atoms with Crippen LogP contribution in [0.5, 0.6) is 0 Å². The normalized spacial score (nSPS) is 36.0. The second-order valence-corrected chi connectivity index (χ2v) is 6.40. The van der Waals surface area contributed by atoms with Crippen molar-refractivity contribution in [2.45, 2.75) is 25.7 Å². The molecular formula is C10H20N2S2. The molecule has 4 heteroatoms. The van der Waals surface area contributed by atoms with E-state index in [0.29, 0.717) is 0 Å². The van der Waals surface area contributed by atoms with Gasteiger partial charge in [-0.15, -0.1) is 23.5 Å². The molecule has 2 saturated heterocycles. The van der Waals surface area contributed by atoms with Gasteiger partial charge in [-0.1, -0.05) is 12.8 Å². The fourth-order valence-corrected chi connectivity index (χ4v) is 4.06. The molecule has 0 aromatic carbocycles. The molecule has 2 bridgehead atoms. The number of hydrogen-bond donors (Lipinski definition) is 0. The van der Waals surface area contributed by atoms with Gasteiger partial charge in [0.2, 0.25) is 0 Å². The number of nitrogens with zero attached hydrogens (tertiary/aromatic N) is 2. The highest BCUT2D eigenvalue weighted by atomic mass is 32.2. The smallest absolute Gasteiger partial charge is 0.0521 e. The molecule has 0 spiro atoms. The van der Waals surface area contributed by atoms with E-state index in [1.807, 2.05) is 0 Å². The Morgan fingerprint density at radius 3 is 1.86 bits per heavy atom. The molecule has 2 aliphatic rings. The van der Waals surface area contributed by atoms with Gasteiger partial charge in [-0.25, -0.2) is 0 Å². The van der Waals surface area contributed by atoms with Gasteiger partial charge in [0.25, 0.3) is 0 Å². The summed E-state index contributed by atoms with van der Waals surface area (Å²) in [7, 11) is 0. The molecule has 2 fully saturated rings. The Kier molecular flexibility index (Phi) is 4.97. The van der Waals surface area contributed by atoms with E-state index >= 15 is 0 Å². The maximum Gasteiger partial charge on any atom is 0.0521 e. The fraction of sp³-hybridized carbons (Fsp3) is 1.00. The quantitative estimate of drug-likeness (QED) is 0.633. The van der Waals surface area contributed by atoms with Gasteiger partial charge < -0.3 is 0 Å². The van der Waals surface area contributed by atoms with Crippen LogP contribution in [-0.4, -0.2) is 46.4 Å². The Labute approximate surface area is 95.8 Å². The molecule has 2 atom stereocenters. The van der Waals surface area contributed by atoms with Crippen LogP contribution in [0.25, 0.3) is 0 Å². The minimum atomic E-state index is 1.21. The van der Waals surface area contributed by atoms with Gasteiger partial charge in [-0.3, -0.25) is 9.80 Å². The van der Waals surface area contributed by atoms with Crippen LogP contribution >= 0.6 is 23.5 Å². The highest BCUT2D eigenvalue weighted by Gasteiger charge is 2.15. The van der Waals surface area contributed by atoms with Crippen molar-refractivity contribution in [1.29, 1.82) is 0 Å². The lowest BCUT2D eigenvalue weighted by molar-refractivity contribution is 0.174. The molecule has 0 radical (unpaired) electrons.